The Kier molecular flexibility index (Phi) is 9.46. The van der Waals surface area contributed by atoms with Gasteiger partial charge in [0.15, 0.2) is 17.8 Å². The molecular weight excluding hydrogens is 631 g/mol. The summed E-state index contributed by atoms with van der Waals surface area (Å²) in [6.45, 7) is 4.62. The first kappa shape index (κ1) is 33.0. The standard InChI is InChI=1S/C27H29ClF3N5O7S/c1-12(2)21(32)24(39)41-11-36-17(14-6-7-18(16(28)8-14)43-27(29,30)31)10-44-25(36)33-19(37)9-15-13(3)42-23-20(15)22(38)34(4)26(40)35(23)5/h6-8,10,12,20-21,23H,9,11,32H2,1-5H3/t20?,21-,23?/m0/s1. The van der Waals surface area contributed by atoms with Gasteiger partial charge in [-0.2, -0.15) is 4.99 Å². The molecule has 2 aliphatic heterocycles. The van der Waals surface area contributed by atoms with E-state index in [2.05, 4.69) is 9.73 Å². The zero-order valence-electron chi connectivity index (χ0n) is 24.2. The molecule has 4 rings (SSSR count). The molecule has 44 heavy (non-hydrogen) atoms. The number of ether oxygens (including phenoxy) is 3. The Labute approximate surface area is 258 Å². The van der Waals surface area contributed by atoms with E-state index in [1.54, 1.807) is 26.2 Å². The van der Waals surface area contributed by atoms with Gasteiger partial charge in [-0.25, -0.2) is 4.79 Å². The second kappa shape index (κ2) is 12.6. The lowest BCUT2D eigenvalue weighted by Gasteiger charge is -2.37. The molecule has 2 aliphatic rings. The number of rotatable bonds is 8. The van der Waals surface area contributed by atoms with E-state index in [0.717, 1.165) is 22.3 Å². The largest absolute Gasteiger partial charge is 0.573 e. The Morgan fingerprint density at radius 3 is 2.52 bits per heavy atom. The molecule has 4 amide bonds. The lowest BCUT2D eigenvalue weighted by molar-refractivity contribution is -0.274. The molecule has 0 bridgehead atoms. The van der Waals surface area contributed by atoms with Gasteiger partial charge in [0.2, 0.25) is 5.91 Å². The molecule has 2 aromatic rings. The monoisotopic (exact) mass is 659 g/mol. The molecule has 0 radical (unpaired) electrons. The van der Waals surface area contributed by atoms with Crippen LogP contribution >= 0.6 is 22.9 Å². The summed E-state index contributed by atoms with van der Waals surface area (Å²) in [4.78, 5) is 57.5. The van der Waals surface area contributed by atoms with E-state index in [-0.39, 0.29) is 22.2 Å². The molecule has 3 heterocycles. The molecule has 2 unspecified atom stereocenters. The molecule has 0 aliphatic carbocycles. The minimum Gasteiger partial charge on any atom is -0.474 e. The summed E-state index contributed by atoms with van der Waals surface area (Å²) in [5.74, 6) is -3.33. The average molecular weight is 660 g/mol. The number of halogens is 4. The molecule has 2 N–H and O–H groups in total. The summed E-state index contributed by atoms with van der Waals surface area (Å²) in [6.07, 6.45) is -6.16. The highest BCUT2D eigenvalue weighted by atomic mass is 35.5. The van der Waals surface area contributed by atoms with Gasteiger partial charge in [0.25, 0.3) is 5.91 Å². The van der Waals surface area contributed by atoms with Crippen LogP contribution in [0, 0.1) is 11.8 Å². The van der Waals surface area contributed by atoms with Crippen molar-refractivity contribution >= 4 is 46.8 Å². The van der Waals surface area contributed by atoms with Gasteiger partial charge < -0.3 is 19.9 Å². The molecule has 1 aromatic carbocycles. The number of fused-ring (bicyclic) bond motifs is 1. The topological polar surface area (TPSA) is 146 Å². The number of aromatic nitrogens is 1. The van der Waals surface area contributed by atoms with Crippen molar-refractivity contribution in [1.82, 2.24) is 14.4 Å². The van der Waals surface area contributed by atoms with E-state index in [4.69, 9.17) is 26.8 Å². The lowest BCUT2D eigenvalue weighted by atomic mass is 9.92. The zero-order valence-corrected chi connectivity index (χ0v) is 25.7. The fourth-order valence-corrected chi connectivity index (χ4v) is 5.75. The summed E-state index contributed by atoms with van der Waals surface area (Å²) in [7, 11) is 2.83. The number of nitrogens with two attached hydrogens (primary N) is 1. The maximum Gasteiger partial charge on any atom is 0.573 e. The van der Waals surface area contributed by atoms with Gasteiger partial charge in [0.05, 0.1) is 22.9 Å². The van der Waals surface area contributed by atoms with E-state index in [1.807, 2.05) is 0 Å². The van der Waals surface area contributed by atoms with Crippen molar-refractivity contribution in [2.45, 2.75) is 52.6 Å². The van der Waals surface area contributed by atoms with Gasteiger partial charge in [-0.3, -0.25) is 28.8 Å². The highest BCUT2D eigenvalue weighted by Gasteiger charge is 2.51. The molecule has 238 valence electrons. The quantitative estimate of drug-likeness (QED) is 0.421. The number of alkyl halides is 3. The van der Waals surface area contributed by atoms with Crippen molar-refractivity contribution in [3.8, 4) is 17.0 Å². The van der Waals surface area contributed by atoms with Crippen molar-refractivity contribution in [3.63, 3.8) is 0 Å². The molecule has 1 aromatic heterocycles. The van der Waals surface area contributed by atoms with Crippen LogP contribution in [0.2, 0.25) is 5.02 Å². The predicted octanol–water partition coefficient (Wildman–Crippen LogP) is 3.84. The number of amides is 4. The Bertz CT molecular complexity index is 1600. The van der Waals surface area contributed by atoms with Gasteiger partial charge in [-0.1, -0.05) is 25.4 Å². The maximum atomic E-state index is 13.2. The van der Waals surface area contributed by atoms with Crippen molar-refractivity contribution in [2.75, 3.05) is 14.1 Å². The van der Waals surface area contributed by atoms with Crippen LogP contribution in [-0.4, -0.2) is 70.9 Å². The third-order valence-electron chi connectivity index (χ3n) is 7.12. The SMILES string of the molecule is CC1=C(CC(=O)N=c2scc(-c3ccc(OC(F)(F)F)c(Cl)c3)n2COC(=O)[C@@H](N)C(C)C)C2C(=O)N(C)C(=O)N(C)C2O1. The second-order valence-corrected chi connectivity index (χ2v) is 11.7. The number of hydrogen-bond acceptors (Lipinski definition) is 9. The highest BCUT2D eigenvalue weighted by Crippen LogP contribution is 2.39. The van der Waals surface area contributed by atoms with E-state index in [1.165, 1.54) is 35.7 Å². The summed E-state index contributed by atoms with van der Waals surface area (Å²) in [5.41, 5.74) is 6.89. The van der Waals surface area contributed by atoms with Gasteiger partial charge in [0.1, 0.15) is 17.7 Å². The van der Waals surface area contributed by atoms with Crippen LogP contribution in [0.3, 0.4) is 0 Å². The number of carbonyl (C=O) groups is 4. The lowest BCUT2D eigenvalue weighted by Crippen LogP contribution is -2.58. The molecule has 0 spiro atoms. The smallest absolute Gasteiger partial charge is 0.474 e. The molecule has 1 saturated heterocycles. The Morgan fingerprint density at radius 2 is 1.91 bits per heavy atom. The number of esters is 1. The fraction of sp³-hybridized carbons (Fsp3) is 0.444. The summed E-state index contributed by atoms with van der Waals surface area (Å²) >= 11 is 7.05. The number of thiazole rings is 1. The molecule has 3 atom stereocenters. The van der Waals surface area contributed by atoms with Crippen molar-refractivity contribution in [1.29, 1.82) is 0 Å². The van der Waals surface area contributed by atoms with Crippen LogP contribution in [0.5, 0.6) is 5.75 Å². The minimum atomic E-state index is -4.95. The van der Waals surface area contributed by atoms with Gasteiger partial charge in [-0.05, 0) is 36.6 Å². The second-order valence-electron chi connectivity index (χ2n) is 10.4. The number of nitrogens with zero attached hydrogens (tertiary/aromatic N) is 4. The van der Waals surface area contributed by atoms with Crippen molar-refractivity contribution in [2.24, 2.45) is 22.6 Å². The highest BCUT2D eigenvalue weighted by molar-refractivity contribution is 7.07. The van der Waals surface area contributed by atoms with E-state index in [9.17, 15) is 32.3 Å². The number of urea groups is 1. The molecule has 12 nitrogen and oxygen atoms in total. The fourth-order valence-electron chi connectivity index (χ4n) is 4.62. The summed E-state index contributed by atoms with van der Waals surface area (Å²) in [6, 6.07) is 2.09. The van der Waals surface area contributed by atoms with Gasteiger partial charge >= 0.3 is 18.4 Å². The zero-order chi connectivity index (χ0) is 32.7. The Morgan fingerprint density at radius 1 is 1.23 bits per heavy atom. The summed E-state index contributed by atoms with van der Waals surface area (Å²) < 4.78 is 54.6. The van der Waals surface area contributed by atoms with Crippen LogP contribution in [0.25, 0.3) is 11.3 Å². The normalized spacial score (nSPS) is 19.8. The van der Waals surface area contributed by atoms with Gasteiger partial charge in [-0.15, -0.1) is 24.5 Å². The van der Waals surface area contributed by atoms with E-state index < -0.39 is 60.8 Å². The van der Waals surface area contributed by atoms with Crippen LogP contribution in [-0.2, 0) is 30.6 Å². The van der Waals surface area contributed by atoms with Gasteiger partial charge in [0, 0.05) is 25.0 Å². The first-order valence-electron chi connectivity index (χ1n) is 13.1. The minimum absolute atomic E-state index is 0.0794. The maximum absolute atomic E-state index is 13.2. The first-order chi connectivity index (χ1) is 20.5. The number of benzene rings is 1. The number of carbonyl (C=O) groups excluding carboxylic acids is 4. The van der Waals surface area contributed by atoms with E-state index >= 15 is 0 Å². The first-order valence-corrected chi connectivity index (χ1v) is 14.4. The third kappa shape index (κ3) is 6.76. The van der Waals surface area contributed by atoms with Crippen molar-refractivity contribution < 1.29 is 46.6 Å². The predicted molar refractivity (Wildman–Crippen MR) is 151 cm³/mol. The Balaban J connectivity index is 1.67. The van der Waals surface area contributed by atoms with Crippen LogP contribution in [0.15, 0.2) is 39.9 Å². The molecular formula is C27H29ClF3N5O7S. The van der Waals surface area contributed by atoms with E-state index in [0.29, 0.717) is 22.6 Å². The van der Waals surface area contributed by atoms with Crippen LogP contribution in [0.4, 0.5) is 18.0 Å². The van der Waals surface area contributed by atoms with Crippen molar-refractivity contribution in [3.05, 3.63) is 44.7 Å². The number of allylic oxidation sites excluding steroid dienone is 1. The van der Waals surface area contributed by atoms with Crippen LogP contribution in [0.1, 0.15) is 27.2 Å². The van der Waals surface area contributed by atoms with Crippen LogP contribution < -0.4 is 15.3 Å². The molecule has 0 saturated carbocycles. The Hall–Kier alpha value is -3.89. The number of hydrogen-bond donors (Lipinski definition) is 1. The molecule has 1 fully saturated rings. The third-order valence-corrected chi connectivity index (χ3v) is 8.28. The average Bonchev–Trinajstić information content (AvgIpc) is 3.49. The molecule has 17 heteroatoms. The number of imide groups is 1. The summed E-state index contributed by atoms with van der Waals surface area (Å²) in [5, 5.41) is 1.22.